The molecule has 0 aliphatic rings. The number of ether oxygens (including phenoxy) is 1. The highest BCUT2D eigenvalue weighted by atomic mass is 32.2. The number of aryl methyl sites for hydroxylation is 1. The second-order valence-electron chi connectivity index (χ2n) is 6.85. The Kier molecular flexibility index (Phi) is 7.21. The number of carbonyl (C=O) groups excluding carboxylic acids is 1. The van der Waals surface area contributed by atoms with Crippen molar-refractivity contribution >= 4 is 22.2 Å². The zero-order valence-corrected chi connectivity index (χ0v) is 18.2. The van der Waals surface area contributed by atoms with Gasteiger partial charge in [-0.3, -0.25) is 4.79 Å². The smallest absolute Gasteiger partial charge is 0.339 e. The number of halogens is 1. The van der Waals surface area contributed by atoms with E-state index in [1.54, 1.807) is 36.4 Å². The Morgan fingerprint density at radius 1 is 1.09 bits per heavy atom. The maximum atomic E-state index is 13.7. The summed E-state index contributed by atoms with van der Waals surface area (Å²) in [4.78, 5) is 12.1. The number of nitrogens with zero attached hydrogens (tertiary/aromatic N) is 1. The quantitative estimate of drug-likeness (QED) is 0.318. The lowest BCUT2D eigenvalue weighted by atomic mass is 10.1. The third kappa shape index (κ3) is 6.14. The predicted molar refractivity (Wildman–Crippen MR) is 118 cm³/mol. The summed E-state index contributed by atoms with van der Waals surface area (Å²) in [5.74, 6) is -0.539. The predicted octanol–water partition coefficient (Wildman–Crippen LogP) is 3.60. The summed E-state index contributed by atoms with van der Waals surface area (Å²) in [7, 11) is -2.61. The summed E-state index contributed by atoms with van der Waals surface area (Å²) in [6, 6.07) is 16.4. The number of amides is 1. The number of benzene rings is 3. The highest BCUT2D eigenvalue weighted by molar-refractivity contribution is 7.87. The molecule has 0 heterocycles. The molecule has 0 unspecified atom stereocenters. The third-order valence-corrected chi connectivity index (χ3v) is 5.62. The van der Waals surface area contributed by atoms with Crippen LogP contribution in [0.3, 0.4) is 0 Å². The molecule has 0 atom stereocenters. The van der Waals surface area contributed by atoms with Crippen molar-refractivity contribution in [1.29, 1.82) is 0 Å². The van der Waals surface area contributed by atoms with Crippen LogP contribution in [0.4, 0.5) is 4.39 Å². The van der Waals surface area contributed by atoms with Crippen LogP contribution in [-0.4, -0.2) is 27.6 Å². The van der Waals surface area contributed by atoms with Gasteiger partial charge >= 0.3 is 10.1 Å². The Morgan fingerprint density at radius 3 is 2.56 bits per heavy atom. The van der Waals surface area contributed by atoms with Gasteiger partial charge in [0.25, 0.3) is 0 Å². The van der Waals surface area contributed by atoms with Crippen LogP contribution in [0.5, 0.6) is 11.5 Å². The Hall–Kier alpha value is -3.72. The number of hydrazone groups is 1. The van der Waals surface area contributed by atoms with E-state index in [0.717, 1.165) is 29.5 Å². The molecular weight excluding hydrogens is 435 g/mol. The maximum Gasteiger partial charge on any atom is 0.339 e. The van der Waals surface area contributed by atoms with E-state index in [4.69, 9.17) is 8.92 Å². The molecule has 3 aromatic carbocycles. The highest BCUT2D eigenvalue weighted by Crippen LogP contribution is 2.23. The number of hydrogen-bond acceptors (Lipinski definition) is 6. The summed E-state index contributed by atoms with van der Waals surface area (Å²) in [5.41, 5.74) is 3.98. The Bertz CT molecular complexity index is 1240. The molecule has 7 nitrogen and oxygen atoms in total. The summed E-state index contributed by atoms with van der Waals surface area (Å²) < 4.78 is 49.1. The summed E-state index contributed by atoms with van der Waals surface area (Å²) in [6.07, 6.45) is 1.16. The molecular formula is C23H21FN2O5S. The lowest BCUT2D eigenvalue weighted by Gasteiger charge is -2.10. The zero-order chi connectivity index (χ0) is 23.1. The molecule has 0 fully saturated rings. The molecule has 0 bridgehead atoms. The molecule has 1 amide bonds. The van der Waals surface area contributed by atoms with Gasteiger partial charge in [-0.15, -0.1) is 0 Å². The Labute approximate surface area is 185 Å². The van der Waals surface area contributed by atoms with Crippen molar-refractivity contribution in [3.8, 4) is 11.5 Å². The van der Waals surface area contributed by atoms with Crippen molar-refractivity contribution in [2.24, 2.45) is 5.10 Å². The van der Waals surface area contributed by atoms with Crippen LogP contribution >= 0.6 is 0 Å². The fourth-order valence-corrected chi connectivity index (χ4v) is 3.70. The molecule has 0 saturated heterocycles. The van der Waals surface area contributed by atoms with Crippen molar-refractivity contribution in [3.63, 3.8) is 0 Å². The molecule has 9 heteroatoms. The van der Waals surface area contributed by atoms with E-state index >= 15 is 0 Å². The van der Waals surface area contributed by atoms with E-state index in [0.29, 0.717) is 5.75 Å². The minimum absolute atomic E-state index is 0.0399. The SMILES string of the molecule is COc1cccc(CC(=O)NN=Cc2cc(F)ccc2OS(=O)(=O)c2ccc(C)cc2)c1. The van der Waals surface area contributed by atoms with E-state index in [9.17, 15) is 17.6 Å². The van der Waals surface area contributed by atoms with E-state index in [1.807, 2.05) is 6.92 Å². The van der Waals surface area contributed by atoms with Gasteiger partial charge < -0.3 is 8.92 Å². The van der Waals surface area contributed by atoms with Gasteiger partial charge in [0.2, 0.25) is 5.91 Å². The minimum atomic E-state index is -4.14. The molecule has 0 aliphatic heterocycles. The van der Waals surface area contributed by atoms with Gasteiger partial charge in [-0.25, -0.2) is 9.82 Å². The molecule has 0 spiro atoms. The molecule has 32 heavy (non-hydrogen) atoms. The van der Waals surface area contributed by atoms with E-state index in [1.165, 1.54) is 25.3 Å². The van der Waals surface area contributed by atoms with Crippen LogP contribution < -0.4 is 14.3 Å². The van der Waals surface area contributed by atoms with Crippen molar-refractivity contribution in [2.75, 3.05) is 7.11 Å². The van der Waals surface area contributed by atoms with Gasteiger partial charge in [-0.05, 0) is 55.0 Å². The van der Waals surface area contributed by atoms with E-state index < -0.39 is 21.8 Å². The number of rotatable bonds is 8. The van der Waals surface area contributed by atoms with Crippen LogP contribution in [0.25, 0.3) is 0 Å². The molecule has 0 radical (unpaired) electrons. The Morgan fingerprint density at radius 2 is 1.84 bits per heavy atom. The second-order valence-corrected chi connectivity index (χ2v) is 8.40. The van der Waals surface area contributed by atoms with Crippen LogP contribution in [0.15, 0.2) is 76.7 Å². The molecule has 3 rings (SSSR count). The van der Waals surface area contributed by atoms with Crippen molar-refractivity contribution in [2.45, 2.75) is 18.2 Å². The van der Waals surface area contributed by atoms with Crippen LogP contribution in [-0.2, 0) is 21.3 Å². The number of carbonyl (C=O) groups is 1. The average Bonchev–Trinajstić information content (AvgIpc) is 2.76. The van der Waals surface area contributed by atoms with Gasteiger partial charge in [0.15, 0.2) is 5.75 Å². The van der Waals surface area contributed by atoms with Gasteiger partial charge in [0, 0.05) is 5.56 Å². The normalized spacial score (nSPS) is 11.3. The summed E-state index contributed by atoms with van der Waals surface area (Å²) in [5, 5.41) is 3.80. The second kappa shape index (κ2) is 10.1. The first-order chi connectivity index (χ1) is 15.3. The molecule has 1 N–H and O–H groups in total. The molecule has 0 aromatic heterocycles. The monoisotopic (exact) mass is 456 g/mol. The van der Waals surface area contributed by atoms with E-state index in [-0.39, 0.29) is 22.6 Å². The summed E-state index contributed by atoms with van der Waals surface area (Å²) in [6.45, 7) is 1.83. The van der Waals surface area contributed by atoms with Crippen molar-refractivity contribution in [1.82, 2.24) is 5.43 Å². The molecule has 0 aliphatic carbocycles. The standard InChI is InChI=1S/C23H21FN2O5S/c1-16-6-9-21(10-7-16)32(28,29)31-22-11-8-19(24)14-18(22)15-25-26-23(27)13-17-4-3-5-20(12-17)30-2/h3-12,14-15H,13H2,1-2H3,(H,26,27). The number of hydrogen-bond donors (Lipinski definition) is 1. The largest absolute Gasteiger partial charge is 0.497 e. The number of methoxy groups -OCH3 is 1. The van der Waals surface area contributed by atoms with Crippen LogP contribution in [0.1, 0.15) is 16.7 Å². The van der Waals surface area contributed by atoms with Crippen LogP contribution in [0, 0.1) is 12.7 Å². The van der Waals surface area contributed by atoms with Gasteiger partial charge in [-0.2, -0.15) is 13.5 Å². The Balaban J connectivity index is 1.72. The first-order valence-electron chi connectivity index (χ1n) is 9.52. The minimum Gasteiger partial charge on any atom is -0.497 e. The van der Waals surface area contributed by atoms with Crippen LogP contribution in [0.2, 0.25) is 0 Å². The third-order valence-electron chi connectivity index (χ3n) is 4.37. The topological polar surface area (TPSA) is 94.1 Å². The van der Waals surface area contributed by atoms with Gasteiger partial charge in [0.05, 0.1) is 19.7 Å². The maximum absolute atomic E-state index is 13.7. The lowest BCUT2D eigenvalue weighted by Crippen LogP contribution is -2.20. The number of nitrogens with one attached hydrogen (secondary N) is 1. The molecule has 3 aromatic rings. The zero-order valence-electron chi connectivity index (χ0n) is 17.4. The molecule has 166 valence electrons. The fourth-order valence-electron chi connectivity index (χ4n) is 2.75. The van der Waals surface area contributed by atoms with Gasteiger partial charge in [0.1, 0.15) is 16.5 Å². The summed E-state index contributed by atoms with van der Waals surface area (Å²) >= 11 is 0. The fraction of sp³-hybridized carbons (Fsp3) is 0.130. The average molecular weight is 456 g/mol. The molecule has 0 saturated carbocycles. The lowest BCUT2D eigenvalue weighted by molar-refractivity contribution is -0.120. The van der Waals surface area contributed by atoms with Gasteiger partial charge in [-0.1, -0.05) is 29.8 Å². The first-order valence-corrected chi connectivity index (χ1v) is 10.9. The van der Waals surface area contributed by atoms with Crippen molar-refractivity contribution in [3.05, 3.63) is 89.2 Å². The van der Waals surface area contributed by atoms with E-state index in [2.05, 4.69) is 10.5 Å². The van der Waals surface area contributed by atoms with Crippen molar-refractivity contribution < 1.29 is 26.5 Å². The highest BCUT2D eigenvalue weighted by Gasteiger charge is 2.18. The first kappa shape index (κ1) is 23.0.